The van der Waals surface area contributed by atoms with Crippen LogP contribution in [0.2, 0.25) is 0 Å². The van der Waals surface area contributed by atoms with Gasteiger partial charge in [-0.2, -0.15) is 0 Å². The van der Waals surface area contributed by atoms with E-state index in [0.29, 0.717) is 6.54 Å². The number of hydrogen-bond acceptors (Lipinski definition) is 2. The van der Waals surface area contributed by atoms with Crippen LogP contribution in [0.25, 0.3) is 11.0 Å². The summed E-state index contributed by atoms with van der Waals surface area (Å²) in [6, 6.07) is 12.2. The first-order valence-electron chi connectivity index (χ1n) is 6.49. The molecule has 3 nitrogen and oxygen atoms in total. The molecule has 0 saturated heterocycles. The highest BCUT2D eigenvalue weighted by atomic mass is 19.1. The van der Waals surface area contributed by atoms with Crippen LogP contribution in [-0.2, 0) is 6.54 Å². The van der Waals surface area contributed by atoms with E-state index < -0.39 is 6.10 Å². The van der Waals surface area contributed by atoms with Crippen molar-refractivity contribution in [1.82, 2.24) is 9.55 Å². The number of aliphatic hydroxyl groups is 1. The van der Waals surface area contributed by atoms with Crippen LogP contribution in [0.15, 0.2) is 48.8 Å². The van der Waals surface area contributed by atoms with E-state index in [1.165, 1.54) is 12.1 Å². The van der Waals surface area contributed by atoms with Crippen LogP contribution in [0, 0.1) is 12.7 Å². The normalized spacial score (nSPS) is 12.8. The largest absolute Gasteiger partial charge is 0.387 e. The lowest BCUT2D eigenvalue weighted by Gasteiger charge is -2.15. The molecule has 1 heterocycles. The Morgan fingerprint density at radius 1 is 1.25 bits per heavy atom. The Hall–Kier alpha value is -2.20. The van der Waals surface area contributed by atoms with Crippen LogP contribution in [0.3, 0.4) is 0 Å². The second kappa shape index (κ2) is 5.06. The molecule has 20 heavy (non-hydrogen) atoms. The quantitative estimate of drug-likeness (QED) is 0.793. The van der Waals surface area contributed by atoms with E-state index in [9.17, 15) is 9.50 Å². The summed E-state index contributed by atoms with van der Waals surface area (Å²) in [4.78, 5) is 4.29. The van der Waals surface area contributed by atoms with Gasteiger partial charge in [0.05, 0.1) is 30.0 Å². The third-order valence-electron chi connectivity index (χ3n) is 3.49. The predicted molar refractivity (Wildman–Crippen MR) is 75.8 cm³/mol. The number of fused-ring (bicyclic) bond motifs is 1. The van der Waals surface area contributed by atoms with Gasteiger partial charge in [-0.05, 0) is 42.3 Å². The molecule has 1 aromatic heterocycles. The van der Waals surface area contributed by atoms with E-state index in [-0.39, 0.29) is 5.82 Å². The summed E-state index contributed by atoms with van der Waals surface area (Å²) < 4.78 is 15.0. The number of rotatable bonds is 3. The molecule has 3 rings (SSSR count). The molecule has 2 aromatic carbocycles. The Morgan fingerprint density at radius 2 is 2.05 bits per heavy atom. The second-order valence-corrected chi connectivity index (χ2v) is 4.90. The smallest absolute Gasteiger partial charge is 0.123 e. The monoisotopic (exact) mass is 270 g/mol. The van der Waals surface area contributed by atoms with Gasteiger partial charge in [0.15, 0.2) is 0 Å². The van der Waals surface area contributed by atoms with Crippen molar-refractivity contribution in [2.45, 2.75) is 19.6 Å². The molecule has 4 heteroatoms. The number of aromatic nitrogens is 2. The molecule has 0 amide bonds. The SMILES string of the molecule is Cc1cc(F)ccc1C(O)Cn1cnc2ccccc21. The van der Waals surface area contributed by atoms with Crippen molar-refractivity contribution >= 4 is 11.0 Å². The van der Waals surface area contributed by atoms with Crippen molar-refractivity contribution in [3.8, 4) is 0 Å². The third kappa shape index (κ3) is 2.30. The average Bonchev–Trinajstić information content (AvgIpc) is 2.82. The zero-order valence-electron chi connectivity index (χ0n) is 11.1. The Kier molecular flexibility index (Phi) is 3.24. The van der Waals surface area contributed by atoms with Crippen LogP contribution < -0.4 is 0 Å². The van der Waals surface area contributed by atoms with Gasteiger partial charge in [-0.25, -0.2) is 9.37 Å². The summed E-state index contributed by atoms with van der Waals surface area (Å²) in [5.74, 6) is -0.286. The molecule has 0 aliphatic carbocycles. The molecule has 1 N–H and O–H groups in total. The lowest BCUT2D eigenvalue weighted by Crippen LogP contribution is -2.09. The molecule has 0 fully saturated rings. The maximum Gasteiger partial charge on any atom is 0.123 e. The highest BCUT2D eigenvalue weighted by molar-refractivity contribution is 5.74. The van der Waals surface area contributed by atoms with E-state index in [0.717, 1.165) is 22.2 Å². The molecule has 0 spiro atoms. The molecule has 3 aromatic rings. The standard InChI is InChI=1S/C16H15FN2O/c1-11-8-12(17)6-7-13(11)16(20)9-19-10-18-14-4-2-3-5-15(14)19/h2-8,10,16,20H,9H2,1H3. The Labute approximate surface area is 116 Å². The molecule has 0 radical (unpaired) electrons. The fraction of sp³-hybridized carbons (Fsp3) is 0.188. The maximum absolute atomic E-state index is 13.1. The van der Waals surface area contributed by atoms with E-state index in [4.69, 9.17) is 0 Å². The molecular formula is C16H15FN2O. The minimum absolute atomic E-state index is 0.286. The average molecular weight is 270 g/mol. The number of imidazole rings is 1. The summed E-state index contributed by atoms with van der Waals surface area (Å²) >= 11 is 0. The molecule has 0 saturated carbocycles. The van der Waals surface area contributed by atoms with Crippen LogP contribution in [0.5, 0.6) is 0 Å². The fourth-order valence-corrected chi connectivity index (χ4v) is 2.45. The van der Waals surface area contributed by atoms with Gasteiger partial charge in [-0.3, -0.25) is 0 Å². The van der Waals surface area contributed by atoms with Crippen LogP contribution in [0.1, 0.15) is 17.2 Å². The van der Waals surface area contributed by atoms with E-state index in [1.807, 2.05) is 28.8 Å². The topological polar surface area (TPSA) is 38.0 Å². The number of hydrogen-bond donors (Lipinski definition) is 1. The van der Waals surface area contributed by atoms with E-state index >= 15 is 0 Å². The highest BCUT2D eigenvalue weighted by Crippen LogP contribution is 2.22. The summed E-state index contributed by atoms with van der Waals surface area (Å²) in [6.07, 6.45) is 1.03. The van der Waals surface area contributed by atoms with Crippen molar-refractivity contribution in [3.05, 3.63) is 65.7 Å². The number of benzene rings is 2. The zero-order chi connectivity index (χ0) is 14.1. The number of aliphatic hydroxyl groups excluding tert-OH is 1. The van der Waals surface area contributed by atoms with E-state index in [2.05, 4.69) is 4.98 Å². The number of aryl methyl sites for hydroxylation is 1. The van der Waals surface area contributed by atoms with Gasteiger partial charge in [0.25, 0.3) is 0 Å². The minimum atomic E-state index is -0.687. The summed E-state index contributed by atoms with van der Waals surface area (Å²) in [5.41, 5.74) is 3.37. The maximum atomic E-state index is 13.1. The van der Waals surface area contributed by atoms with Crippen molar-refractivity contribution in [2.75, 3.05) is 0 Å². The molecule has 0 aliphatic heterocycles. The molecular weight excluding hydrogens is 255 g/mol. The van der Waals surface area contributed by atoms with Gasteiger partial charge in [0.2, 0.25) is 0 Å². The molecule has 0 bridgehead atoms. The van der Waals surface area contributed by atoms with Gasteiger partial charge in [-0.1, -0.05) is 18.2 Å². The van der Waals surface area contributed by atoms with Gasteiger partial charge in [-0.15, -0.1) is 0 Å². The van der Waals surface area contributed by atoms with Crippen LogP contribution >= 0.6 is 0 Å². The first-order valence-corrected chi connectivity index (χ1v) is 6.49. The minimum Gasteiger partial charge on any atom is -0.387 e. The Bertz CT molecular complexity index is 751. The highest BCUT2D eigenvalue weighted by Gasteiger charge is 2.13. The summed E-state index contributed by atoms with van der Waals surface area (Å²) in [7, 11) is 0. The number of halogens is 1. The van der Waals surface area contributed by atoms with Crippen molar-refractivity contribution < 1.29 is 9.50 Å². The van der Waals surface area contributed by atoms with Gasteiger partial charge < -0.3 is 9.67 Å². The first-order chi connectivity index (χ1) is 9.65. The van der Waals surface area contributed by atoms with Crippen molar-refractivity contribution in [1.29, 1.82) is 0 Å². The summed E-state index contributed by atoms with van der Waals surface area (Å²) in [6.45, 7) is 2.20. The predicted octanol–water partition coefficient (Wildman–Crippen LogP) is 3.22. The van der Waals surface area contributed by atoms with E-state index in [1.54, 1.807) is 19.3 Å². The fourth-order valence-electron chi connectivity index (χ4n) is 2.45. The Morgan fingerprint density at radius 3 is 2.85 bits per heavy atom. The van der Waals surface area contributed by atoms with Crippen molar-refractivity contribution in [3.63, 3.8) is 0 Å². The third-order valence-corrected chi connectivity index (χ3v) is 3.49. The van der Waals surface area contributed by atoms with Crippen molar-refractivity contribution in [2.24, 2.45) is 0 Å². The lowest BCUT2D eigenvalue weighted by atomic mass is 10.0. The number of nitrogens with zero attached hydrogens (tertiary/aromatic N) is 2. The lowest BCUT2D eigenvalue weighted by molar-refractivity contribution is 0.157. The van der Waals surface area contributed by atoms with Crippen LogP contribution in [-0.4, -0.2) is 14.7 Å². The molecule has 1 atom stereocenters. The second-order valence-electron chi connectivity index (χ2n) is 4.90. The number of para-hydroxylation sites is 2. The Balaban J connectivity index is 1.90. The summed E-state index contributed by atoms with van der Waals surface area (Å²) in [5, 5.41) is 10.4. The van der Waals surface area contributed by atoms with Crippen LogP contribution in [0.4, 0.5) is 4.39 Å². The van der Waals surface area contributed by atoms with Gasteiger partial charge in [0, 0.05) is 0 Å². The van der Waals surface area contributed by atoms with Gasteiger partial charge in [0.1, 0.15) is 5.82 Å². The van der Waals surface area contributed by atoms with Gasteiger partial charge >= 0.3 is 0 Å². The molecule has 1 unspecified atom stereocenters. The molecule has 0 aliphatic rings. The first kappa shape index (κ1) is 12.8. The zero-order valence-corrected chi connectivity index (χ0v) is 11.1. The molecule has 102 valence electrons.